The zero-order chi connectivity index (χ0) is 15.8. The van der Waals surface area contributed by atoms with Crippen molar-refractivity contribution in [3.8, 4) is 5.75 Å². The van der Waals surface area contributed by atoms with E-state index in [4.69, 9.17) is 9.47 Å². The Morgan fingerprint density at radius 2 is 1.82 bits per heavy atom. The number of nitrogens with zero attached hydrogens (tertiary/aromatic N) is 1. The van der Waals surface area contributed by atoms with Crippen molar-refractivity contribution in [3.63, 3.8) is 0 Å². The van der Waals surface area contributed by atoms with Crippen molar-refractivity contribution < 1.29 is 9.47 Å². The fraction of sp³-hybridized carbons (Fsp3) is 0.684. The molecule has 124 valence electrons. The third-order valence-corrected chi connectivity index (χ3v) is 4.28. The summed E-state index contributed by atoms with van der Waals surface area (Å²) in [4.78, 5) is 2.50. The van der Waals surface area contributed by atoms with Gasteiger partial charge in [0.1, 0.15) is 12.4 Å². The fourth-order valence-corrected chi connectivity index (χ4v) is 2.93. The van der Waals surface area contributed by atoms with Gasteiger partial charge in [0.2, 0.25) is 0 Å². The van der Waals surface area contributed by atoms with Crippen molar-refractivity contribution >= 4 is 0 Å². The Bertz CT molecular complexity index is 439. The molecule has 0 amide bonds. The number of likely N-dealkylation sites (tertiary alicyclic amines) is 1. The lowest BCUT2D eigenvalue weighted by atomic mass is 10.0. The van der Waals surface area contributed by atoms with Crippen molar-refractivity contribution in [2.45, 2.75) is 46.0 Å². The summed E-state index contributed by atoms with van der Waals surface area (Å²) < 4.78 is 11.7. The molecule has 0 N–H and O–H groups in total. The highest BCUT2D eigenvalue weighted by Crippen LogP contribution is 2.27. The summed E-state index contributed by atoms with van der Waals surface area (Å²) in [5, 5.41) is 0. The largest absolute Gasteiger partial charge is 0.491 e. The number of hydrogen-bond acceptors (Lipinski definition) is 3. The predicted molar refractivity (Wildman–Crippen MR) is 91.9 cm³/mol. The van der Waals surface area contributed by atoms with Gasteiger partial charge in [0, 0.05) is 6.54 Å². The number of aryl methyl sites for hydroxylation is 1. The molecule has 0 unspecified atom stereocenters. The Hall–Kier alpha value is -1.06. The van der Waals surface area contributed by atoms with Gasteiger partial charge in [-0.05, 0) is 56.0 Å². The number of ether oxygens (including phenoxy) is 2. The Morgan fingerprint density at radius 1 is 1.05 bits per heavy atom. The van der Waals surface area contributed by atoms with Crippen LogP contribution in [0.4, 0.5) is 0 Å². The lowest BCUT2D eigenvalue weighted by Gasteiger charge is -2.26. The molecule has 1 aromatic rings. The molecule has 1 saturated heterocycles. The molecule has 0 aromatic heterocycles. The third-order valence-electron chi connectivity index (χ3n) is 4.28. The lowest BCUT2D eigenvalue weighted by molar-refractivity contribution is 0.0748. The molecule has 3 heteroatoms. The maximum atomic E-state index is 5.93. The first-order valence-corrected chi connectivity index (χ1v) is 8.70. The standard InChI is InChI=1S/C19H31NO2/c1-16(2)18-8-7-17(3)15-19(18)22-14-13-21-12-11-20-9-5-4-6-10-20/h7-8,15-16H,4-6,9-14H2,1-3H3. The fourth-order valence-electron chi connectivity index (χ4n) is 2.93. The summed E-state index contributed by atoms with van der Waals surface area (Å²) in [6.07, 6.45) is 4.07. The van der Waals surface area contributed by atoms with Crippen LogP contribution >= 0.6 is 0 Å². The zero-order valence-electron chi connectivity index (χ0n) is 14.4. The highest BCUT2D eigenvalue weighted by atomic mass is 16.5. The molecule has 22 heavy (non-hydrogen) atoms. The number of rotatable bonds is 8. The first-order valence-electron chi connectivity index (χ1n) is 8.70. The van der Waals surface area contributed by atoms with Gasteiger partial charge in [0.05, 0.1) is 13.2 Å². The van der Waals surface area contributed by atoms with E-state index >= 15 is 0 Å². The van der Waals surface area contributed by atoms with Crippen molar-refractivity contribution in [2.24, 2.45) is 0 Å². The average Bonchev–Trinajstić information content (AvgIpc) is 2.51. The molecule has 0 aliphatic carbocycles. The summed E-state index contributed by atoms with van der Waals surface area (Å²) in [6, 6.07) is 6.45. The molecule has 3 nitrogen and oxygen atoms in total. The SMILES string of the molecule is Cc1ccc(C(C)C)c(OCCOCCN2CCCCC2)c1. The van der Waals surface area contributed by atoms with Gasteiger partial charge in [-0.2, -0.15) is 0 Å². The molecule has 1 aliphatic heterocycles. The molecular weight excluding hydrogens is 274 g/mol. The molecule has 2 rings (SSSR count). The quantitative estimate of drug-likeness (QED) is 0.678. The van der Waals surface area contributed by atoms with Crippen LogP contribution in [0.1, 0.15) is 50.2 Å². The number of benzene rings is 1. The zero-order valence-corrected chi connectivity index (χ0v) is 14.4. The Labute approximate surface area is 135 Å². The minimum atomic E-state index is 0.482. The first-order chi connectivity index (χ1) is 10.7. The van der Waals surface area contributed by atoms with Gasteiger partial charge in [-0.15, -0.1) is 0 Å². The van der Waals surface area contributed by atoms with E-state index in [0.29, 0.717) is 19.1 Å². The molecule has 0 spiro atoms. The van der Waals surface area contributed by atoms with E-state index in [1.165, 1.54) is 43.5 Å². The van der Waals surface area contributed by atoms with Crippen LogP contribution in [0.2, 0.25) is 0 Å². The number of hydrogen-bond donors (Lipinski definition) is 0. The molecule has 0 bridgehead atoms. The van der Waals surface area contributed by atoms with Crippen LogP contribution in [-0.4, -0.2) is 44.4 Å². The second-order valence-electron chi connectivity index (χ2n) is 6.56. The van der Waals surface area contributed by atoms with Gasteiger partial charge in [-0.25, -0.2) is 0 Å². The van der Waals surface area contributed by atoms with E-state index in [-0.39, 0.29) is 0 Å². The maximum absolute atomic E-state index is 5.93. The number of piperidine rings is 1. The predicted octanol–water partition coefficient (Wildman–Crippen LogP) is 4.00. The molecule has 1 aliphatic rings. The Morgan fingerprint density at radius 3 is 2.55 bits per heavy atom. The minimum absolute atomic E-state index is 0.482. The highest BCUT2D eigenvalue weighted by molar-refractivity contribution is 5.39. The second kappa shape index (κ2) is 9.16. The van der Waals surface area contributed by atoms with Crippen LogP contribution < -0.4 is 4.74 Å². The van der Waals surface area contributed by atoms with Crippen LogP contribution in [0.15, 0.2) is 18.2 Å². The molecule has 0 radical (unpaired) electrons. The van der Waals surface area contributed by atoms with E-state index in [0.717, 1.165) is 18.9 Å². The van der Waals surface area contributed by atoms with E-state index in [1.54, 1.807) is 0 Å². The van der Waals surface area contributed by atoms with Crippen LogP contribution in [0.5, 0.6) is 5.75 Å². The highest BCUT2D eigenvalue weighted by Gasteiger charge is 2.10. The van der Waals surface area contributed by atoms with E-state index in [2.05, 4.69) is 43.9 Å². The molecule has 1 heterocycles. The molecule has 0 atom stereocenters. The van der Waals surface area contributed by atoms with Gasteiger partial charge in [-0.1, -0.05) is 32.4 Å². The second-order valence-corrected chi connectivity index (χ2v) is 6.56. The summed E-state index contributed by atoms with van der Waals surface area (Å²) in [6.45, 7) is 12.1. The van der Waals surface area contributed by atoms with Crippen molar-refractivity contribution in [2.75, 3.05) is 39.5 Å². The van der Waals surface area contributed by atoms with Gasteiger partial charge in [-0.3, -0.25) is 0 Å². The Balaban J connectivity index is 1.65. The average molecular weight is 305 g/mol. The van der Waals surface area contributed by atoms with Gasteiger partial charge >= 0.3 is 0 Å². The Kier molecular flexibility index (Phi) is 7.20. The maximum Gasteiger partial charge on any atom is 0.123 e. The lowest BCUT2D eigenvalue weighted by Crippen LogP contribution is -2.32. The van der Waals surface area contributed by atoms with Crippen LogP contribution in [-0.2, 0) is 4.74 Å². The summed E-state index contributed by atoms with van der Waals surface area (Å²) in [5.74, 6) is 1.49. The molecular formula is C19H31NO2. The van der Waals surface area contributed by atoms with Crippen LogP contribution in [0, 0.1) is 6.92 Å². The van der Waals surface area contributed by atoms with Crippen molar-refractivity contribution in [3.05, 3.63) is 29.3 Å². The minimum Gasteiger partial charge on any atom is -0.491 e. The monoisotopic (exact) mass is 305 g/mol. The topological polar surface area (TPSA) is 21.7 Å². The van der Waals surface area contributed by atoms with Gasteiger partial charge in [0.25, 0.3) is 0 Å². The van der Waals surface area contributed by atoms with Gasteiger partial charge in [0.15, 0.2) is 0 Å². The van der Waals surface area contributed by atoms with E-state index < -0.39 is 0 Å². The van der Waals surface area contributed by atoms with E-state index in [9.17, 15) is 0 Å². The van der Waals surface area contributed by atoms with Crippen molar-refractivity contribution in [1.29, 1.82) is 0 Å². The first kappa shape index (κ1) is 17.3. The van der Waals surface area contributed by atoms with Crippen LogP contribution in [0.3, 0.4) is 0 Å². The molecule has 0 saturated carbocycles. The normalized spacial score (nSPS) is 16.2. The van der Waals surface area contributed by atoms with Crippen LogP contribution in [0.25, 0.3) is 0 Å². The summed E-state index contributed by atoms with van der Waals surface area (Å²) in [5.41, 5.74) is 2.52. The van der Waals surface area contributed by atoms with E-state index in [1.807, 2.05) is 0 Å². The molecule has 1 aromatic carbocycles. The third kappa shape index (κ3) is 5.62. The van der Waals surface area contributed by atoms with Crippen molar-refractivity contribution in [1.82, 2.24) is 4.90 Å². The summed E-state index contributed by atoms with van der Waals surface area (Å²) >= 11 is 0. The summed E-state index contributed by atoms with van der Waals surface area (Å²) in [7, 11) is 0. The van der Waals surface area contributed by atoms with Gasteiger partial charge < -0.3 is 14.4 Å². The smallest absolute Gasteiger partial charge is 0.123 e. The molecule has 1 fully saturated rings.